The average molecular weight is 404 g/mol. The van der Waals surface area contributed by atoms with Gasteiger partial charge in [-0.15, -0.1) is 0 Å². The van der Waals surface area contributed by atoms with Gasteiger partial charge in [-0.25, -0.2) is 0 Å². The van der Waals surface area contributed by atoms with Crippen LogP contribution in [0.1, 0.15) is 45.2 Å². The van der Waals surface area contributed by atoms with Crippen molar-refractivity contribution in [2.75, 3.05) is 65.6 Å². The molecule has 0 radical (unpaired) electrons. The molecule has 1 aliphatic rings. The molecule has 1 saturated heterocycles. The van der Waals surface area contributed by atoms with Crippen LogP contribution in [0.3, 0.4) is 0 Å². The van der Waals surface area contributed by atoms with Crippen LogP contribution in [0.5, 0.6) is 0 Å². The fourth-order valence-electron chi connectivity index (χ4n) is 3.78. The van der Waals surface area contributed by atoms with Gasteiger partial charge in [0.15, 0.2) is 5.96 Å². The van der Waals surface area contributed by atoms with E-state index in [1.807, 2.05) is 0 Å². The Hall–Kier alpha value is -1.63. The summed E-state index contributed by atoms with van der Waals surface area (Å²) in [6, 6.07) is 11.0. The number of aliphatic imine (C=N–C) groups is 1. The Bertz CT molecular complexity index is 556. The van der Waals surface area contributed by atoms with Gasteiger partial charge in [0.2, 0.25) is 0 Å². The Labute approximate surface area is 177 Å². The maximum Gasteiger partial charge on any atom is 0.191 e. The molecule has 1 unspecified atom stereocenters. The molecule has 6 nitrogen and oxygen atoms in total. The monoisotopic (exact) mass is 403 g/mol. The van der Waals surface area contributed by atoms with Crippen molar-refractivity contribution in [3.05, 3.63) is 35.9 Å². The third-order valence-electron chi connectivity index (χ3n) is 5.50. The lowest BCUT2D eigenvalue weighted by Gasteiger charge is -2.29. The second-order valence-electron chi connectivity index (χ2n) is 7.46. The summed E-state index contributed by atoms with van der Waals surface area (Å²) in [5.74, 6) is 0.923. The predicted molar refractivity (Wildman–Crippen MR) is 123 cm³/mol. The molecule has 1 heterocycles. The molecule has 0 bridgehead atoms. The highest BCUT2D eigenvalue weighted by Crippen LogP contribution is 2.20. The van der Waals surface area contributed by atoms with Crippen molar-refractivity contribution in [3.63, 3.8) is 0 Å². The predicted octanol–water partition coefficient (Wildman–Crippen LogP) is 2.74. The summed E-state index contributed by atoms with van der Waals surface area (Å²) in [7, 11) is 0. The van der Waals surface area contributed by atoms with Crippen LogP contribution < -0.4 is 10.6 Å². The van der Waals surface area contributed by atoms with Gasteiger partial charge in [-0.1, -0.05) is 44.2 Å². The van der Waals surface area contributed by atoms with E-state index in [4.69, 9.17) is 9.73 Å². The van der Waals surface area contributed by atoms with Gasteiger partial charge >= 0.3 is 0 Å². The Morgan fingerprint density at radius 3 is 2.45 bits per heavy atom. The molecule has 2 N–H and O–H groups in total. The third-order valence-corrected chi connectivity index (χ3v) is 5.50. The van der Waals surface area contributed by atoms with E-state index >= 15 is 0 Å². The van der Waals surface area contributed by atoms with E-state index in [1.165, 1.54) is 12.0 Å². The van der Waals surface area contributed by atoms with Crippen LogP contribution in [-0.2, 0) is 4.74 Å². The highest BCUT2D eigenvalue weighted by Gasteiger charge is 2.17. The number of nitrogens with one attached hydrogen (secondary N) is 2. The molecule has 1 aliphatic heterocycles. The number of ether oxygens (including phenoxy) is 1. The number of benzene rings is 1. The molecular weight excluding hydrogens is 362 g/mol. The summed E-state index contributed by atoms with van der Waals surface area (Å²) in [5.41, 5.74) is 1.33. The van der Waals surface area contributed by atoms with E-state index in [9.17, 15) is 0 Å². The van der Waals surface area contributed by atoms with E-state index in [0.29, 0.717) is 6.04 Å². The van der Waals surface area contributed by atoms with Crippen molar-refractivity contribution in [1.29, 1.82) is 0 Å². The second-order valence-corrected chi connectivity index (χ2v) is 7.46. The first-order valence-corrected chi connectivity index (χ1v) is 11.4. The van der Waals surface area contributed by atoms with Gasteiger partial charge in [-0.3, -0.25) is 14.8 Å². The molecule has 0 aliphatic carbocycles. The first kappa shape index (κ1) is 23.6. The zero-order valence-corrected chi connectivity index (χ0v) is 18.7. The minimum atomic E-state index is 0.308. The van der Waals surface area contributed by atoms with Gasteiger partial charge in [0.25, 0.3) is 0 Å². The van der Waals surface area contributed by atoms with E-state index in [0.717, 1.165) is 78.0 Å². The number of unbranched alkanes of at least 4 members (excludes halogenated alkanes) is 1. The fraction of sp³-hybridized carbons (Fsp3) is 0.696. The minimum absolute atomic E-state index is 0.308. The van der Waals surface area contributed by atoms with Crippen LogP contribution in [-0.4, -0.2) is 81.3 Å². The molecule has 164 valence electrons. The van der Waals surface area contributed by atoms with Gasteiger partial charge in [0.1, 0.15) is 0 Å². The quantitative estimate of drug-likeness (QED) is 0.319. The zero-order valence-electron chi connectivity index (χ0n) is 18.7. The smallest absolute Gasteiger partial charge is 0.191 e. The van der Waals surface area contributed by atoms with Crippen molar-refractivity contribution in [2.45, 2.75) is 39.7 Å². The number of morpholine rings is 1. The summed E-state index contributed by atoms with van der Waals surface area (Å²) in [4.78, 5) is 9.89. The van der Waals surface area contributed by atoms with Crippen LogP contribution in [0.4, 0.5) is 0 Å². The molecule has 0 saturated carbocycles. The summed E-state index contributed by atoms with van der Waals surface area (Å²) in [5, 5.41) is 6.92. The number of likely N-dealkylation sites (N-methyl/N-ethyl adjacent to an activating group) is 1. The lowest BCUT2D eigenvalue weighted by atomic mass is 10.1. The second kappa shape index (κ2) is 14.4. The van der Waals surface area contributed by atoms with E-state index < -0.39 is 0 Å². The van der Waals surface area contributed by atoms with Crippen LogP contribution in [0.2, 0.25) is 0 Å². The SMILES string of the molecule is CCNC(=NCC(c1ccccc1)N(CC)CC)NCCCCN1CCOCC1. The Morgan fingerprint density at radius 1 is 1.07 bits per heavy atom. The summed E-state index contributed by atoms with van der Waals surface area (Å²) >= 11 is 0. The normalized spacial score (nSPS) is 16.8. The van der Waals surface area contributed by atoms with Gasteiger partial charge in [-0.2, -0.15) is 0 Å². The average Bonchev–Trinajstić information content (AvgIpc) is 2.77. The first-order chi connectivity index (χ1) is 14.3. The van der Waals surface area contributed by atoms with Gasteiger partial charge < -0.3 is 15.4 Å². The molecule has 2 rings (SSSR count). The Morgan fingerprint density at radius 2 is 1.79 bits per heavy atom. The first-order valence-electron chi connectivity index (χ1n) is 11.4. The lowest BCUT2D eigenvalue weighted by Crippen LogP contribution is -2.39. The Balaban J connectivity index is 1.84. The summed E-state index contributed by atoms with van der Waals surface area (Å²) in [6.07, 6.45) is 2.36. The molecule has 0 aromatic heterocycles. The molecule has 1 fully saturated rings. The summed E-state index contributed by atoms with van der Waals surface area (Å²) < 4.78 is 5.42. The van der Waals surface area contributed by atoms with Crippen LogP contribution in [0.15, 0.2) is 35.3 Å². The van der Waals surface area contributed by atoms with Crippen molar-refractivity contribution in [3.8, 4) is 0 Å². The van der Waals surface area contributed by atoms with Crippen molar-refractivity contribution < 1.29 is 4.74 Å². The highest BCUT2D eigenvalue weighted by atomic mass is 16.5. The maximum atomic E-state index is 5.42. The van der Waals surface area contributed by atoms with Crippen LogP contribution in [0, 0.1) is 0 Å². The molecule has 1 atom stereocenters. The zero-order chi connectivity index (χ0) is 20.7. The van der Waals surface area contributed by atoms with Gasteiger partial charge in [0.05, 0.1) is 25.8 Å². The molecule has 0 amide bonds. The summed E-state index contributed by atoms with van der Waals surface area (Å²) in [6.45, 7) is 16.3. The number of hydrogen-bond acceptors (Lipinski definition) is 4. The molecule has 6 heteroatoms. The molecule has 29 heavy (non-hydrogen) atoms. The Kier molecular flexibility index (Phi) is 11.7. The minimum Gasteiger partial charge on any atom is -0.379 e. The van der Waals surface area contributed by atoms with E-state index in [1.54, 1.807) is 0 Å². The molecule has 1 aromatic carbocycles. The van der Waals surface area contributed by atoms with Gasteiger partial charge in [0, 0.05) is 26.2 Å². The largest absolute Gasteiger partial charge is 0.379 e. The standard InChI is InChI=1S/C23H41N5O/c1-4-24-23(25-14-10-11-15-27-16-18-29-19-17-27)26-20-22(28(5-2)6-3)21-12-8-7-9-13-21/h7-9,12-13,22H,4-6,10-11,14-20H2,1-3H3,(H2,24,25,26). The van der Waals surface area contributed by atoms with E-state index in [2.05, 4.69) is 71.5 Å². The van der Waals surface area contributed by atoms with Crippen molar-refractivity contribution >= 4 is 5.96 Å². The number of hydrogen-bond donors (Lipinski definition) is 2. The molecule has 0 spiro atoms. The maximum absolute atomic E-state index is 5.42. The molecular formula is C23H41N5O. The number of rotatable bonds is 12. The van der Waals surface area contributed by atoms with Crippen molar-refractivity contribution in [2.24, 2.45) is 4.99 Å². The number of nitrogens with zero attached hydrogens (tertiary/aromatic N) is 3. The van der Waals surface area contributed by atoms with Gasteiger partial charge in [-0.05, 0) is 45.0 Å². The van der Waals surface area contributed by atoms with E-state index in [-0.39, 0.29) is 0 Å². The topological polar surface area (TPSA) is 52.1 Å². The van der Waals surface area contributed by atoms with Crippen LogP contribution in [0.25, 0.3) is 0 Å². The van der Waals surface area contributed by atoms with Crippen LogP contribution >= 0.6 is 0 Å². The highest BCUT2D eigenvalue weighted by molar-refractivity contribution is 5.79. The van der Waals surface area contributed by atoms with Crippen molar-refractivity contribution in [1.82, 2.24) is 20.4 Å². The third kappa shape index (κ3) is 8.72. The fourth-order valence-corrected chi connectivity index (χ4v) is 3.78. The molecule has 1 aromatic rings. The number of guanidine groups is 1. The lowest BCUT2D eigenvalue weighted by molar-refractivity contribution is 0.0372.